The van der Waals surface area contributed by atoms with Crippen LogP contribution in [0.25, 0.3) is 11.0 Å². The fourth-order valence-corrected chi connectivity index (χ4v) is 3.49. The van der Waals surface area contributed by atoms with Gasteiger partial charge in [0.2, 0.25) is 5.88 Å². The maximum absolute atomic E-state index is 12.6. The Kier molecular flexibility index (Phi) is 5.22. The highest BCUT2D eigenvalue weighted by molar-refractivity contribution is 5.92. The molecule has 0 radical (unpaired) electrons. The van der Waals surface area contributed by atoms with E-state index in [9.17, 15) is 4.79 Å². The summed E-state index contributed by atoms with van der Waals surface area (Å²) in [7, 11) is 1.81. The van der Waals surface area contributed by atoms with Crippen molar-refractivity contribution >= 4 is 22.8 Å². The first-order valence-corrected chi connectivity index (χ1v) is 9.72. The Labute approximate surface area is 174 Å². The number of benzene rings is 1. The average molecular weight is 404 g/mol. The fraction of sp³-hybridized carbons (Fsp3) is 0.273. The number of hydrogen-bond donors (Lipinski definition) is 1. The second kappa shape index (κ2) is 7.98. The third kappa shape index (κ3) is 4.03. The van der Waals surface area contributed by atoms with Crippen molar-refractivity contribution in [2.75, 3.05) is 11.9 Å². The van der Waals surface area contributed by atoms with Gasteiger partial charge in [-0.2, -0.15) is 5.10 Å². The highest BCUT2D eigenvalue weighted by Crippen LogP contribution is 2.27. The van der Waals surface area contributed by atoms with Gasteiger partial charge in [0.1, 0.15) is 5.82 Å². The Morgan fingerprint density at radius 2 is 1.83 bits per heavy atom. The lowest BCUT2D eigenvalue weighted by Crippen LogP contribution is -2.22. The molecule has 3 aromatic heterocycles. The van der Waals surface area contributed by atoms with Gasteiger partial charge in [0.25, 0.3) is 5.91 Å². The number of nitrogens with zero attached hydrogens (tertiary/aromatic N) is 5. The van der Waals surface area contributed by atoms with Crippen molar-refractivity contribution in [2.24, 2.45) is 7.05 Å². The van der Waals surface area contributed by atoms with Crippen LogP contribution >= 0.6 is 0 Å². The lowest BCUT2D eigenvalue weighted by molar-refractivity contribution is -0.118. The van der Waals surface area contributed by atoms with Gasteiger partial charge in [0.15, 0.2) is 12.3 Å². The molecule has 0 aliphatic rings. The van der Waals surface area contributed by atoms with E-state index in [-0.39, 0.29) is 12.5 Å². The predicted molar refractivity (Wildman–Crippen MR) is 115 cm³/mol. The Morgan fingerprint density at radius 1 is 1.07 bits per heavy atom. The molecule has 4 aromatic rings. The van der Waals surface area contributed by atoms with Crippen LogP contribution in [-0.2, 0) is 18.4 Å². The maximum atomic E-state index is 12.6. The molecule has 0 bridgehead atoms. The van der Waals surface area contributed by atoms with Crippen LogP contribution in [0.1, 0.15) is 22.5 Å². The summed E-state index contributed by atoms with van der Waals surface area (Å²) >= 11 is 0. The molecule has 0 saturated heterocycles. The molecule has 0 atom stereocenters. The Hall–Kier alpha value is -3.68. The zero-order chi connectivity index (χ0) is 21.3. The molecule has 4 rings (SSSR count). The van der Waals surface area contributed by atoms with Crippen LogP contribution in [-0.4, -0.2) is 37.1 Å². The van der Waals surface area contributed by atoms with Gasteiger partial charge in [-0.3, -0.25) is 4.79 Å². The number of carbonyl (C=O) groups is 1. The lowest BCUT2D eigenvalue weighted by atomic mass is 10.2. The van der Waals surface area contributed by atoms with Gasteiger partial charge in [-0.05, 0) is 38.0 Å². The summed E-state index contributed by atoms with van der Waals surface area (Å²) in [6.07, 6.45) is 0. The van der Waals surface area contributed by atoms with Crippen molar-refractivity contribution in [1.82, 2.24) is 24.5 Å². The van der Waals surface area contributed by atoms with Crippen molar-refractivity contribution in [1.29, 1.82) is 0 Å². The number of hydrogen-bond acceptors (Lipinski definition) is 5. The molecule has 0 aliphatic heterocycles. The van der Waals surface area contributed by atoms with E-state index in [1.165, 1.54) is 0 Å². The molecular formula is C22H24N6O2. The van der Waals surface area contributed by atoms with E-state index in [4.69, 9.17) is 4.74 Å². The summed E-state index contributed by atoms with van der Waals surface area (Å²) in [6, 6.07) is 13.8. The minimum Gasteiger partial charge on any atom is -0.466 e. The first-order chi connectivity index (χ1) is 14.4. The molecule has 8 nitrogen and oxygen atoms in total. The zero-order valence-corrected chi connectivity index (χ0v) is 17.5. The second-order valence-electron chi connectivity index (χ2n) is 7.36. The summed E-state index contributed by atoms with van der Waals surface area (Å²) in [5.74, 6) is 0.756. The molecule has 8 heteroatoms. The maximum Gasteiger partial charge on any atom is 0.263 e. The third-order valence-electron chi connectivity index (χ3n) is 4.77. The molecule has 154 valence electrons. The zero-order valence-electron chi connectivity index (χ0n) is 17.5. The Morgan fingerprint density at radius 3 is 2.60 bits per heavy atom. The molecule has 30 heavy (non-hydrogen) atoms. The third-order valence-corrected chi connectivity index (χ3v) is 4.77. The van der Waals surface area contributed by atoms with E-state index in [0.29, 0.717) is 18.2 Å². The van der Waals surface area contributed by atoms with Crippen LogP contribution in [0.4, 0.5) is 5.82 Å². The molecular weight excluding hydrogens is 380 g/mol. The number of aromatic nitrogens is 5. The highest BCUT2D eigenvalue weighted by Gasteiger charge is 2.16. The SMILES string of the molecule is Cc1cc(C)c2c(OCC(=O)Nc3cc(C)nn3Cc3ccccc3)nn(C)c2n1. The fourth-order valence-electron chi connectivity index (χ4n) is 3.49. The Bertz CT molecular complexity index is 1210. The van der Waals surface area contributed by atoms with Gasteiger partial charge in [-0.1, -0.05) is 30.3 Å². The quantitative estimate of drug-likeness (QED) is 0.533. The normalized spacial score (nSPS) is 11.1. The van der Waals surface area contributed by atoms with Crippen LogP contribution in [0.3, 0.4) is 0 Å². The van der Waals surface area contributed by atoms with Gasteiger partial charge in [-0.15, -0.1) is 5.10 Å². The van der Waals surface area contributed by atoms with E-state index < -0.39 is 0 Å². The summed E-state index contributed by atoms with van der Waals surface area (Å²) in [4.78, 5) is 17.1. The first-order valence-electron chi connectivity index (χ1n) is 9.72. The van der Waals surface area contributed by atoms with Crippen LogP contribution in [0.15, 0.2) is 42.5 Å². The lowest BCUT2D eigenvalue weighted by Gasteiger charge is -2.09. The molecule has 1 aromatic carbocycles. The number of ether oxygens (including phenoxy) is 1. The summed E-state index contributed by atoms with van der Waals surface area (Å²) in [6.45, 7) is 6.23. The first kappa shape index (κ1) is 19.6. The van der Waals surface area contributed by atoms with Gasteiger partial charge < -0.3 is 10.1 Å². The van der Waals surface area contributed by atoms with Crippen molar-refractivity contribution in [3.63, 3.8) is 0 Å². The number of fused-ring (bicyclic) bond motifs is 1. The van der Waals surface area contributed by atoms with Crippen LogP contribution in [0.5, 0.6) is 5.88 Å². The number of anilines is 1. The largest absolute Gasteiger partial charge is 0.466 e. The molecule has 3 heterocycles. The van der Waals surface area contributed by atoms with E-state index in [0.717, 1.165) is 33.5 Å². The topological polar surface area (TPSA) is 86.9 Å². The number of rotatable bonds is 6. The number of nitrogens with one attached hydrogen (secondary N) is 1. The predicted octanol–water partition coefficient (Wildman–Crippen LogP) is 3.16. The van der Waals surface area contributed by atoms with Crippen LogP contribution in [0, 0.1) is 20.8 Å². The smallest absolute Gasteiger partial charge is 0.263 e. The van der Waals surface area contributed by atoms with E-state index in [1.807, 2.05) is 70.3 Å². The van der Waals surface area contributed by atoms with E-state index in [2.05, 4.69) is 20.5 Å². The van der Waals surface area contributed by atoms with Crippen molar-refractivity contribution < 1.29 is 9.53 Å². The number of carbonyl (C=O) groups excluding carboxylic acids is 1. The van der Waals surface area contributed by atoms with Crippen LogP contribution < -0.4 is 10.1 Å². The molecule has 0 unspecified atom stereocenters. The van der Waals surface area contributed by atoms with Crippen LogP contribution in [0.2, 0.25) is 0 Å². The van der Waals surface area contributed by atoms with Crippen molar-refractivity contribution in [2.45, 2.75) is 27.3 Å². The van der Waals surface area contributed by atoms with Crippen molar-refractivity contribution in [3.8, 4) is 5.88 Å². The van der Waals surface area contributed by atoms with E-state index in [1.54, 1.807) is 9.36 Å². The molecule has 0 saturated carbocycles. The monoisotopic (exact) mass is 404 g/mol. The van der Waals surface area contributed by atoms with Crippen molar-refractivity contribution in [3.05, 3.63) is 65.0 Å². The minimum absolute atomic E-state index is 0.158. The summed E-state index contributed by atoms with van der Waals surface area (Å²) < 4.78 is 9.19. The molecule has 0 fully saturated rings. The summed E-state index contributed by atoms with van der Waals surface area (Å²) in [5, 5.41) is 12.6. The van der Waals surface area contributed by atoms with Gasteiger partial charge in [0, 0.05) is 18.8 Å². The minimum atomic E-state index is -0.277. The molecule has 1 N–H and O–H groups in total. The molecule has 0 spiro atoms. The second-order valence-corrected chi connectivity index (χ2v) is 7.36. The summed E-state index contributed by atoms with van der Waals surface area (Å²) in [5.41, 5.74) is 4.59. The number of pyridine rings is 1. The average Bonchev–Trinajstić information content (AvgIpc) is 3.20. The van der Waals surface area contributed by atoms with Gasteiger partial charge >= 0.3 is 0 Å². The highest BCUT2D eigenvalue weighted by atomic mass is 16.5. The molecule has 0 aliphatic carbocycles. The molecule has 1 amide bonds. The van der Waals surface area contributed by atoms with Gasteiger partial charge in [-0.25, -0.2) is 14.3 Å². The standard InChI is InChI=1S/C22H24N6O2/c1-14-10-15(2)23-21-20(14)22(26-27(21)4)30-13-19(29)24-18-11-16(3)25-28(18)12-17-8-6-5-7-9-17/h5-11H,12-13H2,1-4H3,(H,24,29). The Balaban J connectivity index is 1.47. The van der Waals surface area contributed by atoms with E-state index >= 15 is 0 Å². The number of amides is 1. The number of aryl methyl sites for hydroxylation is 4. The van der Waals surface area contributed by atoms with Gasteiger partial charge in [0.05, 0.1) is 17.6 Å².